The van der Waals surface area contributed by atoms with Crippen molar-refractivity contribution < 1.29 is 29.1 Å². The van der Waals surface area contributed by atoms with Crippen molar-refractivity contribution in [1.82, 2.24) is 20.9 Å². The van der Waals surface area contributed by atoms with E-state index in [1.165, 1.54) is 11.8 Å². The van der Waals surface area contributed by atoms with Gasteiger partial charge in [-0.2, -0.15) is 11.8 Å². The first kappa shape index (κ1) is 28.7. The van der Waals surface area contributed by atoms with Crippen LogP contribution in [0.3, 0.4) is 0 Å². The van der Waals surface area contributed by atoms with E-state index in [1.807, 2.05) is 30.5 Å². The minimum atomic E-state index is -1.18. The van der Waals surface area contributed by atoms with Crippen molar-refractivity contribution in [1.29, 1.82) is 0 Å². The van der Waals surface area contributed by atoms with Gasteiger partial charge in [-0.3, -0.25) is 19.2 Å². The topological polar surface area (TPSA) is 209 Å². The zero-order valence-electron chi connectivity index (χ0n) is 19.9. The van der Waals surface area contributed by atoms with Crippen molar-refractivity contribution in [3.05, 3.63) is 36.0 Å². The first-order valence-electron chi connectivity index (χ1n) is 11.3. The Bertz CT molecular complexity index is 1090. The highest BCUT2D eigenvalue weighted by Crippen LogP contribution is 2.18. The van der Waals surface area contributed by atoms with E-state index in [-0.39, 0.29) is 25.7 Å². The predicted molar refractivity (Wildman–Crippen MR) is 136 cm³/mol. The molecule has 12 nitrogen and oxygen atoms in total. The van der Waals surface area contributed by atoms with Crippen LogP contribution < -0.4 is 27.4 Å². The molecule has 0 saturated heterocycles. The summed E-state index contributed by atoms with van der Waals surface area (Å²) in [6.07, 6.45) is 3.72. The van der Waals surface area contributed by atoms with Gasteiger partial charge in [0, 0.05) is 23.5 Å². The lowest BCUT2D eigenvalue weighted by atomic mass is 10.0. The van der Waals surface area contributed by atoms with Crippen molar-refractivity contribution in [3.8, 4) is 0 Å². The number of amides is 4. The summed E-state index contributed by atoms with van der Waals surface area (Å²) in [4.78, 5) is 63.2. The normalized spacial score (nSPS) is 13.4. The summed E-state index contributed by atoms with van der Waals surface area (Å²) in [6.45, 7) is -0.508. The van der Waals surface area contributed by atoms with Crippen molar-refractivity contribution >= 4 is 52.3 Å². The quantitative estimate of drug-likeness (QED) is 0.158. The Labute approximate surface area is 212 Å². The maximum atomic E-state index is 12.7. The van der Waals surface area contributed by atoms with E-state index in [0.29, 0.717) is 5.75 Å². The Hall–Kier alpha value is -3.58. The molecular weight excluding hydrogens is 488 g/mol. The standard InChI is InChI=1S/C23H32N6O6S/c1-36-9-8-18(23(34)35)28-20(31)12-27-22(33)17(6-7-19(25)30)29-21(32)15(24)10-13-11-26-16-5-3-2-4-14(13)16/h2-5,11,15,17-18,26H,6-10,12,24H2,1H3,(H2,25,30)(H,27,33)(H,28,31)(H,29,32)(H,34,35). The number of carboxylic acids is 1. The average molecular weight is 521 g/mol. The SMILES string of the molecule is CSCCC(NC(=O)CNC(=O)C(CCC(N)=O)NC(=O)C(N)Cc1c[nH]c2ccccc12)C(=O)O. The molecule has 0 aliphatic carbocycles. The second-order valence-corrected chi connectivity index (χ2v) is 9.18. The van der Waals surface area contributed by atoms with Gasteiger partial charge in [0.2, 0.25) is 23.6 Å². The number of primary amides is 1. The summed E-state index contributed by atoms with van der Waals surface area (Å²) in [5, 5.41) is 17.4. The van der Waals surface area contributed by atoms with Gasteiger partial charge in [0.25, 0.3) is 0 Å². The zero-order valence-corrected chi connectivity index (χ0v) is 20.7. The van der Waals surface area contributed by atoms with E-state index in [9.17, 15) is 29.1 Å². The molecule has 0 bridgehead atoms. The number of benzene rings is 1. The number of nitrogens with one attached hydrogen (secondary N) is 4. The highest BCUT2D eigenvalue weighted by atomic mass is 32.2. The Morgan fingerprint density at radius 1 is 1.06 bits per heavy atom. The molecule has 13 heteroatoms. The number of carboxylic acid groups (broad SMARTS) is 1. The largest absolute Gasteiger partial charge is 0.480 e. The molecule has 2 aromatic rings. The number of aromatic amines is 1. The Morgan fingerprint density at radius 3 is 2.44 bits per heavy atom. The molecule has 0 aliphatic heterocycles. The number of aromatic nitrogens is 1. The van der Waals surface area contributed by atoms with Gasteiger partial charge in [-0.05, 0) is 42.9 Å². The fraction of sp³-hybridized carbons (Fsp3) is 0.435. The predicted octanol–water partition coefficient (Wildman–Crippen LogP) is -0.773. The molecule has 9 N–H and O–H groups in total. The molecule has 0 saturated carbocycles. The van der Waals surface area contributed by atoms with Gasteiger partial charge in [-0.25, -0.2) is 4.79 Å². The molecule has 3 unspecified atom stereocenters. The molecule has 1 heterocycles. The van der Waals surface area contributed by atoms with E-state index < -0.39 is 54.3 Å². The molecule has 196 valence electrons. The second-order valence-electron chi connectivity index (χ2n) is 8.19. The number of nitrogens with two attached hydrogens (primary N) is 2. The number of carbonyl (C=O) groups is 5. The van der Waals surface area contributed by atoms with Gasteiger partial charge in [-0.15, -0.1) is 0 Å². The molecule has 0 spiro atoms. The minimum absolute atomic E-state index is 0.0974. The smallest absolute Gasteiger partial charge is 0.326 e. The van der Waals surface area contributed by atoms with E-state index >= 15 is 0 Å². The lowest BCUT2D eigenvalue weighted by molar-refractivity contribution is -0.141. The molecule has 2 rings (SSSR count). The van der Waals surface area contributed by atoms with Crippen molar-refractivity contribution in [3.63, 3.8) is 0 Å². The Balaban J connectivity index is 1.97. The van der Waals surface area contributed by atoms with E-state index in [0.717, 1.165) is 16.5 Å². The number of H-pyrrole nitrogens is 1. The van der Waals surface area contributed by atoms with Crippen LogP contribution in [0.5, 0.6) is 0 Å². The van der Waals surface area contributed by atoms with Gasteiger partial charge in [0.1, 0.15) is 12.1 Å². The fourth-order valence-electron chi connectivity index (χ4n) is 3.49. The van der Waals surface area contributed by atoms with Crippen LogP contribution in [0.15, 0.2) is 30.5 Å². The molecule has 1 aromatic heterocycles. The van der Waals surface area contributed by atoms with Gasteiger partial charge in [0.05, 0.1) is 12.6 Å². The van der Waals surface area contributed by atoms with Crippen LogP contribution in [-0.4, -0.2) is 76.4 Å². The van der Waals surface area contributed by atoms with Crippen LogP contribution in [0.25, 0.3) is 10.9 Å². The number of aliphatic carboxylic acids is 1. The van der Waals surface area contributed by atoms with Crippen molar-refractivity contribution in [2.75, 3.05) is 18.6 Å². The van der Waals surface area contributed by atoms with Crippen molar-refractivity contribution in [2.45, 2.75) is 43.8 Å². The Morgan fingerprint density at radius 2 is 1.78 bits per heavy atom. The molecule has 1 aromatic carbocycles. The molecular formula is C23H32N6O6S. The maximum Gasteiger partial charge on any atom is 0.326 e. The van der Waals surface area contributed by atoms with Gasteiger partial charge in [-0.1, -0.05) is 18.2 Å². The van der Waals surface area contributed by atoms with E-state index in [1.54, 1.807) is 6.20 Å². The van der Waals surface area contributed by atoms with E-state index in [4.69, 9.17) is 11.5 Å². The summed E-state index contributed by atoms with van der Waals surface area (Å²) in [6, 6.07) is 4.30. The summed E-state index contributed by atoms with van der Waals surface area (Å²) >= 11 is 1.44. The first-order chi connectivity index (χ1) is 17.1. The highest BCUT2D eigenvalue weighted by molar-refractivity contribution is 7.98. The monoisotopic (exact) mass is 520 g/mol. The third-order valence-corrected chi connectivity index (χ3v) is 6.07. The molecule has 0 radical (unpaired) electrons. The van der Waals surface area contributed by atoms with Crippen LogP contribution in [0, 0.1) is 0 Å². The summed E-state index contributed by atoms with van der Waals surface area (Å²) in [5.74, 6) is -3.36. The van der Waals surface area contributed by atoms with Gasteiger partial charge < -0.3 is 37.5 Å². The average Bonchev–Trinajstić information content (AvgIpc) is 3.25. The zero-order chi connectivity index (χ0) is 26.7. The number of para-hydroxylation sites is 1. The number of fused-ring (bicyclic) bond motifs is 1. The molecule has 0 aliphatic rings. The van der Waals surface area contributed by atoms with Crippen molar-refractivity contribution in [2.24, 2.45) is 11.5 Å². The first-order valence-corrected chi connectivity index (χ1v) is 12.7. The maximum absolute atomic E-state index is 12.7. The molecule has 4 amide bonds. The minimum Gasteiger partial charge on any atom is -0.480 e. The highest BCUT2D eigenvalue weighted by Gasteiger charge is 2.26. The van der Waals surface area contributed by atoms with Crippen LogP contribution in [0.2, 0.25) is 0 Å². The molecule has 3 atom stereocenters. The lowest BCUT2D eigenvalue weighted by Gasteiger charge is -2.21. The van der Waals surface area contributed by atoms with Crippen LogP contribution >= 0.6 is 11.8 Å². The summed E-state index contributed by atoms with van der Waals surface area (Å²) in [5.41, 5.74) is 13.0. The third kappa shape index (κ3) is 8.89. The second kappa shape index (κ2) is 14.1. The number of rotatable bonds is 15. The molecule has 36 heavy (non-hydrogen) atoms. The number of hydrogen-bond donors (Lipinski definition) is 7. The van der Waals surface area contributed by atoms with Gasteiger partial charge in [0.15, 0.2) is 0 Å². The summed E-state index contributed by atoms with van der Waals surface area (Å²) < 4.78 is 0. The third-order valence-electron chi connectivity index (χ3n) is 5.43. The van der Waals surface area contributed by atoms with Crippen LogP contribution in [-0.2, 0) is 30.4 Å². The number of carbonyl (C=O) groups excluding carboxylic acids is 4. The van der Waals surface area contributed by atoms with E-state index in [2.05, 4.69) is 20.9 Å². The number of thioether (sulfide) groups is 1. The summed E-state index contributed by atoms with van der Waals surface area (Å²) in [7, 11) is 0. The fourth-order valence-corrected chi connectivity index (χ4v) is 3.96. The lowest BCUT2D eigenvalue weighted by Crippen LogP contribution is -2.54. The van der Waals surface area contributed by atoms with Gasteiger partial charge >= 0.3 is 5.97 Å². The van der Waals surface area contributed by atoms with Crippen LogP contribution in [0.4, 0.5) is 0 Å². The molecule has 0 fully saturated rings. The van der Waals surface area contributed by atoms with Crippen LogP contribution in [0.1, 0.15) is 24.8 Å². The number of hydrogen-bond acceptors (Lipinski definition) is 7. The Kier molecular flexibility index (Phi) is 11.2.